The van der Waals surface area contributed by atoms with Crippen molar-refractivity contribution in [1.29, 1.82) is 0 Å². The molecule has 144 valence electrons. The zero-order chi connectivity index (χ0) is 20.7. The Balaban J connectivity index is 0.000000277. The molecule has 0 radical (unpaired) electrons. The minimum Gasteiger partial charge on any atom is -0.497 e. The number of rotatable bonds is 5. The van der Waals surface area contributed by atoms with E-state index in [0.29, 0.717) is 10.2 Å². The predicted molar refractivity (Wildman–Crippen MR) is 101 cm³/mol. The van der Waals surface area contributed by atoms with Gasteiger partial charge in [-0.05, 0) is 56.1 Å². The summed E-state index contributed by atoms with van der Waals surface area (Å²) in [5.41, 5.74) is -1.26. The van der Waals surface area contributed by atoms with Gasteiger partial charge in [0.1, 0.15) is 10.2 Å². The van der Waals surface area contributed by atoms with Crippen molar-refractivity contribution in [3.05, 3.63) is 69.6 Å². The van der Waals surface area contributed by atoms with Gasteiger partial charge in [-0.15, -0.1) is 0 Å². The number of ether oxygens (including phenoxy) is 2. The summed E-state index contributed by atoms with van der Waals surface area (Å²) in [5, 5.41) is 31.7. The van der Waals surface area contributed by atoms with Gasteiger partial charge in [0.05, 0.1) is 39.5 Å². The van der Waals surface area contributed by atoms with Crippen molar-refractivity contribution >= 4 is 48.9 Å². The predicted octanol–water partition coefficient (Wildman–Crippen LogP) is 4.64. The van der Waals surface area contributed by atoms with Crippen LogP contribution in [-0.4, -0.2) is 29.0 Å². The SMILES string of the molecule is COc1ccc(Br)c([N+](=O)[O-])c1.COc1ccc(Br)c([N+](=O)[O-])c1[N+](=O)[O-]. The Hall–Kier alpha value is -2.80. The first-order valence-electron chi connectivity index (χ1n) is 6.77. The summed E-state index contributed by atoms with van der Waals surface area (Å²) in [4.78, 5) is 29.6. The van der Waals surface area contributed by atoms with Gasteiger partial charge in [-0.25, -0.2) is 0 Å². The number of nitrogens with zero attached hydrogens (tertiary/aromatic N) is 3. The van der Waals surface area contributed by atoms with Crippen LogP contribution in [0.2, 0.25) is 0 Å². The molecule has 0 aliphatic carbocycles. The molecule has 27 heavy (non-hydrogen) atoms. The van der Waals surface area contributed by atoms with Gasteiger partial charge in [-0.3, -0.25) is 30.3 Å². The van der Waals surface area contributed by atoms with Crippen molar-refractivity contribution in [2.45, 2.75) is 0 Å². The molecule has 0 unspecified atom stereocenters. The van der Waals surface area contributed by atoms with E-state index < -0.39 is 26.1 Å². The molecule has 2 aromatic rings. The van der Waals surface area contributed by atoms with Gasteiger partial charge in [-0.1, -0.05) is 0 Å². The maximum atomic E-state index is 10.7. The minimum atomic E-state index is -0.846. The fourth-order valence-corrected chi connectivity index (χ4v) is 2.67. The van der Waals surface area contributed by atoms with Gasteiger partial charge < -0.3 is 9.47 Å². The van der Waals surface area contributed by atoms with Gasteiger partial charge in [0.2, 0.25) is 5.75 Å². The quantitative estimate of drug-likeness (QED) is 0.418. The van der Waals surface area contributed by atoms with Crippen molar-refractivity contribution in [3.8, 4) is 11.5 Å². The molecule has 0 fully saturated rings. The van der Waals surface area contributed by atoms with E-state index >= 15 is 0 Å². The minimum absolute atomic E-state index is 0.00866. The molecule has 0 atom stereocenters. The monoisotopic (exact) mass is 507 g/mol. The molecule has 0 spiro atoms. The molecule has 2 rings (SSSR count). The third-order valence-electron chi connectivity index (χ3n) is 3.00. The Bertz CT molecular complexity index is 891. The summed E-state index contributed by atoms with van der Waals surface area (Å²) < 4.78 is 10.0. The Morgan fingerprint density at radius 1 is 0.778 bits per heavy atom. The lowest BCUT2D eigenvalue weighted by Crippen LogP contribution is -2.00. The maximum absolute atomic E-state index is 10.7. The molecule has 0 heterocycles. The molecule has 0 bridgehead atoms. The average Bonchev–Trinajstić information content (AvgIpc) is 2.61. The summed E-state index contributed by atoms with van der Waals surface area (Å²) in [6.07, 6.45) is 0. The van der Waals surface area contributed by atoms with Crippen molar-refractivity contribution in [1.82, 2.24) is 0 Å². The molecule has 11 nitrogen and oxygen atoms in total. The lowest BCUT2D eigenvalue weighted by Gasteiger charge is -2.02. The third kappa shape index (κ3) is 5.59. The Morgan fingerprint density at radius 2 is 1.33 bits per heavy atom. The molecule has 0 amide bonds. The standard InChI is InChI=1S/C7H5BrN2O5.C7H6BrNO3/c1-15-5-3-2-4(8)6(9(11)12)7(5)10(13)14;1-12-5-2-3-6(8)7(4-5)9(10)11/h2-3H,1H3;2-4H,1H3. The smallest absolute Gasteiger partial charge is 0.388 e. The molecule has 0 aliphatic rings. The molecule has 0 saturated heterocycles. The van der Waals surface area contributed by atoms with E-state index in [1.54, 1.807) is 12.1 Å². The highest BCUT2D eigenvalue weighted by molar-refractivity contribution is 9.11. The van der Waals surface area contributed by atoms with E-state index in [2.05, 4.69) is 36.6 Å². The number of methoxy groups -OCH3 is 2. The van der Waals surface area contributed by atoms with Crippen LogP contribution < -0.4 is 9.47 Å². The van der Waals surface area contributed by atoms with E-state index in [1.165, 1.54) is 32.4 Å². The summed E-state index contributed by atoms with van der Waals surface area (Å²) in [6.45, 7) is 0. The molecule has 0 saturated carbocycles. The normalized spacial score (nSPS) is 9.63. The second-order valence-electron chi connectivity index (χ2n) is 4.54. The number of nitro benzene ring substituents is 3. The first kappa shape index (κ1) is 22.2. The lowest BCUT2D eigenvalue weighted by atomic mass is 10.2. The highest BCUT2D eigenvalue weighted by atomic mass is 79.9. The highest BCUT2D eigenvalue weighted by Gasteiger charge is 2.32. The Labute approximate surface area is 168 Å². The van der Waals surface area contributed by atoms with Crippen LogP contribution in [0.15, 0.2) is 39.3 Å². The number of halogens is 2. The number of nitro groups is 3. The van der Waals surface area contributed by atoms with E-state index in [9.17, 15) is 30.3 Å². The first-order chi connectivity index (χ1) is 12.6. The lowest BCUT2D eigenvalue weighted by molar-refractivity contribution is -0.423. The van der Waals surface area contributed by atoms with E-state index in [1.807, 2.05) is 0 Å². The summed E-state index contributed by atoms with van der Waals surface area (Å²) >= 11 is 5.94. The number of hydrogen-bond acceptors (Lipinski definition) is 8. The highest BCUT2D eigenvalue weighted by Crippen LogP contribution is 2.41. The topological polar surface area (TPSA) is 148 Å². The van der Waals surface area contributed by atoms with Gasteiger partial charge in [-0.2, -0.15) is 0 Å². The molecular formula is C14H11Br2N3O8. The van der Waals surface area contributed by atoms with E-state index in [-0.39, 0.29) is 15.9 Å². The first-order valence-corrected chi connectivity index (χ1v) is 8.35. The second kappa shape index (κ2) is 9.78. The summed E-state index contributed by atoms with van der Waals surface area (Å²) in [7, 11) is 2.67. The Morgan fingerprint density at radius 3 is 1.78 bits per heavy atom. The second-order valence-corrected chi connectivity index (χ2v) is 6.24. The van der Waals surface area contributed by atoms with Crippen LogP contribution in [0.4, 0.5) is 17.1 Å². The fourth-order valence-electron chi connectivity index (χ4n) is 1.81. The van der Waals surface area contributed by atoms with Gasteiger partial charge in [0.25, 0.3) is 5.69 Å². The van der Waals surface area contributed by atoms with E-state index in [4.69, 9.17) is 4.74 Å². The number of benzene rings is 2. The third-order valence-corrected chi connectivity index (χ3v) is 4.31. The van der Waals surface area contributed by atoms with Gasteiger partial charge in [0.15, 0.2) is 0 Å². The maximum Gasteiger partial charge on any atom is 0.388 e. The molecule has 0 aromatic heterocycles. The van der Waals surface area contributed by atoms with Crippen LogP contribution in [-0.2, 0) is 0 Å². The van der Waals surface area contributed by atoms with Crippen molar-refractivity contribution < 1.29 is 24.2 Å². The van der Waals surface area contributed by atoms with Crippen LogP contribution in [0.3, 0.4) is 0 Å². The molecular weight excluding hydrogens is 498 g/mol. The van der Waals surface area contributed by atoms with Crippen molar-refractivity contribution in [3.63, 3.8) is 0 Å². The van der Waals surface area contributed by atoms with Crippen LogP contribution in [0.5, 0.6) is 11.5 Å². The molecule has 13 heteroatoms. The fraction of sp³-hybridized carbons (Fsp3) is 0.143. The van der Waals surface area contributed by atoms with Gasteiger partial charge in [0, 0.05) is 0 Å². The summed E-state index contributed by atoms with van der Waals surface area (Å²) in [6, 6.07) is 7.21. The van der Waals surface area contributed by atoms with Crippen LogP contribution in [0.1, 0.15) is 0 Å². The van der Waals surface area contributed by atoms with Crippen LogP contribution in [0, 0.1) is 30.3 Å². The number of hydrogen-bond donors (Lipinski definition) is 0. The van der Waals surface area contributed by atoms with Crippen LogP contribution in [0.25, 0.3) is 0 Å². The Kier molecular flexibility index (Phi) is 8.05. The van der Waals surface area contributed by atoms with Gasteiger partial charge >= 0.3 is 11.4 Å². The van der Waals surface area contributed by atoms with Crippen molar-refractivity contribution in [2.75, 3.05) is 14.2 Å². The summed E-state index contributed by atoms with van der Waals surface area (Å²) in [5.74, 6) is 0.333. The van der Waals surface area contributed by atoms with Crippen LogP contribution >= 0.6 is 31.9 Å². The van der Waals surface area contributed by atoms with E-state index in [0.717, 1.165) is 0 Å². The molecule has 0 aliphatic heterocycles. The van der Waals surface area contributed by atoms with Crippen molar-refractivity contribution in [2.24, 2.45) is 0 Å². The largest absolute Gasteiger partial charge is 0.497 e. The zero-order valence-electron chi connectivity index (χ0n) is 13.8. The zero-order valence-corrected chi connectivity index (χ0v) is 16.9. The molecule has 0 N–H and O–H groups in total. The average molecular weight is 509 g/mol. The molecule has 2 aromatic carbocycles.